The molecule has 15 heavy (non-hydrogen) atoms. The number of thiophene rings is 1. The predicted molar refractivity (Wildman–Crippen MR) is 57.3 cm³/mol. The third-order valence-corrected chi connectivity index (χ3v) is 3.53. The van der Waals surface area contributed by atoms with Crippen molar-refractivity contribution >= 4 is 23.1 Å². The molecule has 0 atom stereocenters. The van der Waals surface area contributed by atoms with Gasteiger partial charge in [0.2, 0.25) is 0 Å². The number of Topliss-reactive ketones (excluding diaryl/α,β-unsaturated/α-hetero) is 1. The lowest BCUT2D eigenvalue weighted by Crippen LogP contribution is -2.14. The molecule has 0 unspecified atom stereocenters. The van der Waals surface area contributed by atoms with Crippen LogP contribution in [0.25, 0.3) is 0 Å². The van der Waals surface area contributed by atoms with Crippen molar-refractivity contribution in [2.24, 2.45) is 0 Å². The summed E-state index contributed by atoms with van der Waals surface area (Å²) in [5.74, 6) is 0.00816. The van der Waals surface area contributed by atoms with E-state index in [-0.39, 0.29) is 11.8 Å². The van der Waals surface area contributed by atoms with Crippen LogP contribution in [0.2, 0.25) is 0 Å². The highest BCUT2D eigenvalue weighted by molar-refractivity contribution is 7.12. The number of hydrogen-bond donors (Lipinski definition) is 0. The van der Waals surface area contributed by atoms with Crippen LogP contribution in [0.4, 0.5) is 0 Å². The Hall–Kier alpha value is -1.16. The number of carbonyl (C=O) groups is 2. The summed E-state index contributed by atoms with van der Waals surface area (Å²) in [4.78, 5) is 23.5. The minimum atomic E-state index is -0.252. The molecular formula is C11H12O3S. The van der Waals surface area contributed by atoms with E-state index in [1.165, 1.54) is 11.3 Å². The summed E-state index contributed by atoms with van der Waals surface area (Å²) in [5.41, 5.74) is 2.04. The lowest BCUT2D eigenvalue weighted by atomic mass is 9.93. The Morgan fingerprint density at radius 2 is 2.33 bits per heavy atom. The Kier molecular flexibility index (Phi) is 2.86. The van der Waals surface area contributed by atoms with E-state index in [0.717, 1.165) is 11.1 Å². The van der Waals surface area contributed by atoms with Crippen LogP contribution >= 0.6 is 11.3 Å². The SMILES string of the molecule is CCOC(=O)c1scc2c1CCC(=O)C2. The van der Waals surface area contributed by atoms with Gasteiger partial charge in [0, 0.05) is 12.8 Å². The highest BCUT2D eigenvalue weighted by Gasteiger charge is 2.24. The molecule has 1 heterocycles. The molecule has 1 aromatic heterocycles. The summed E-state index contributed by atoms with van der Waals surface area (Å²) >= 11 is 1.39. The molecule has 0 aliphatic heterocycles. The van der Waals surface area contributed by atoms with Crippen molar-refractivity contribution in [3.05, 3.63) is 21.4 Å². The van der Waals surface area contributed by atoms with Crippen LogP contribution < -0.4 is 0 Å². The van der Waals surface area contributed by atoms with Gasteiger partial charge in [0.05, 0.1) is 6.61 Å². The van der Waals surface area contributed by atoms with Gasteiger partial charge in [-0.25, -0.2) is 4.79 Å². The van der Waals surface area contributed by atoms with Crippen LogP contribution in [0.15, 0.2) is 5.38 Å². The number of ether oxygens (including phenoxy) is 1. The number of fused-ring (bicyclic) bond motifs is 1. The predicted octanol–water partition coefficient (Wildman–Crippen LogP) is 1.98. The van der Waals surface area contributed by atoms with Gasteiger partial charge in [-0.1, -0.05) is 0 Å². The Balaban J connectivity index is 2.28. The van der Waals surface area contributed by atoms with E-state index in [1.807, 2.05) is 5.38 Å². The van der Waals surface area contributed by atoms with Gasteiger partial charge in [-0.15, -0.1) is 11.3 Å². The summed E-state index contributed by atoms with van der Waals surface area (Å²) in [6.45, 7) is 2.19. The van der Waals surface area contributed by atoms with E-state index in [2.05, 4.69) is 0 Å². The molecule has 0 radical (unpaired) electrons. The third kappa shape index (κ3) is 1.95. The molecule has 80 valence electrons. The fraction of sp³-hybridized carbons (Fsp3) is 0.455. The molecule has 4 heteroatoms. The zero-order valence-corrected chi connectivity index (χ0v) is 9.36. The van der Waals surface area contributed by atoms with Crippen LogP contribution in [0.5, 0.6) is 0 Å². The van der Waals surface area contributed by atoms with Crippen molar-refractivity contribution in [1.29, 1.82) is 0 Å². The van der Waals surface area contributed by atoms with Gasteiger partial charge in [0.1, 0.15) is 10.7 Å². The molecule has 1 aliphatic rings. The minimum absolute atomic E-state index is 0.252. The zero-order valence-electron chi connectivity index (χ0n) is 8.54. The van der Waals surface area contributed by atoms with Crippen molar-refractivity contribution in [3.63, 3.8) is 0 Å². The summed E-state index contributed by atoms with van der Waals surface area (Å²) < 4.78 is 4.97. The highest BCUT2D eigenvalue weighted by atomic mass is 32.1. The van der Waals surface area contributed by atoms with Gasteiger partial charge in [0.15, 0.2) is 0 Å². The molecule has 2 rings (SSSR count). The fourth-order valence-electron chi connectivity index (χ4n) is 1.77. The zero-order chi connectivity index (χ0) is 10.8. The Morgan fingerprint density at radius 1 is 1.53 bits per heavy atom. The molecule has 0 bridgehead atoms. The fourth-order valence-corrected chi connectivity index (χ4v) is 2.79. The van der Waals surface area contributed by atoms with Crippen LogP contribution in [0, 0.1) is 0 Å². The maximum atomic E-state index is 11.6. The number of carbonyl (C=O) groups excluding carboxylic acids is 2. The van der Waals surface area contributed by atoms with Crippen LogP contribution in [-0.2, 0) is 22.4 Å². The number of rotatable bonds is 2. The Morgan fingerprint density at radius 3 is 3.07 bits per heavy atom. The molecule has 0 aromatic carbocycles. The number of hydrogen-bond acceptors (Lipinski definition) is 4. The first-order valence-electron chi connectivity index (χ1n) is 5.00. The van der Waals surface area contributed by atoms with Gasteiger partial charge >= 0.3 is 5.97 Å². The topological polar surface area (TPSA) is 43.4 Å². The molecule has 1 aromatic rings. The molecule has 1 aliphatic carbocycles. The third-order valence-electron chi connectivity index (χ3n) is 2.48. The molecule has 0 spiro atoms. The van der Waals surface area contributed by atoms with E-state index in [4.69, 9.17) is 4.74 Å². The minimum Gasteiger partial charge on any atom is -0.462 e. The van der Waals surface area contributed by atoms with E-state index in [0.29, 0.717) is 30.7 Å². The smallest absolute Gasteiger partial charge is 0.348 e. The highest BCUT2D eigenvalue weighted by Crippen LogP contribution is 2.29. The molecule has 0 N–H and O–H groups in total. The van der Waals surface area contributed by atoms with Gasteiger partial charge in [0.25, 0.3) is 0 Å². The summed E-state index contributed by atoms with van der Waals surface area (Å²) in [6, 6.07) is 0. The van der Waals surface area contributed by atoms with Crippen molar-refractivity contribution in [2.45, 2.75) is 26.2 Å². The second-order valence-electron chi connectivity index (χ2n) is 3.50. The lowest BCUT2D eigenvalue weighted by molar-refractivity contribution is -0.118. The summed E-state index contributed by atoms with van der Waals surface area (Å²) in [6.07, 6.45) is 1.72. The average molecular weight is 224 g/mol. The first-order chi connectivity index (χ1) is 7.22. The Labute approximate surface area is 92.1 Å². The standard InChI is InChI=1S/C11H12O3S/c1-2-14-11(13)10-9-4-3-8(12)5-7(9)6-15-10/h6H,2-5H2,1H3. The van der Waals surface area contributed by atoms with Gasteiger partial charge < -0.3 is 4.74 Å². The first-order valence-corrected chi connectivity index (χ1v) is 5.88. The first kappa shape index (κ1) is 10.4. The summed E-state index contributed by atoms with van der Waals surface area (Å²) in [5, 5.41) is 1.90. The second kappa shape index (κ2) is 4.14. The van der Waals surface area contributed by atoms with Gasteiger partial charge in [-0.05, 0) is 29.9 Å². The number of ketones is 1. The molecule has 3 nitrogen and oxygen atoms in total. The summed E-state index contributed by atoms with van der Waals surface area (Å²) in [7, 11) is 0. The van der Waals surface area contributed by atoms with Gasteiger partial charge in [-0.2, -0.15) is 0 Å². The molecule has 0 saturated carbocycles. The van der Waals surface area contributed by atoms with Crippen molar-refractivity contribution in [1.82, 2.24) is 0 Å². The van der Waals surface area contributed by atoms with Gasteiger partial charge in [-0.3, -0.25) is 4.79 Å². The molecular weight excluding hydrogens is 212 g/mol. The van der Waals surface area contributed by atoms with Crippen LogP contribution in [0.1, 0.15) is 34.1 Å². The Bertz CT molecular complexity index is 406. The monoisotopic (exact) mass is 224 g/mol. The van der Waals surface area contributed by atoms with Crippen LogP contribution in [-0.4, -0.2) is 18.4 Å². The largest absolute Gasteiger partial charge is 0.462 e. The van der Waals surface area contributed by atoms with Crippen molar-refractivity contribution in [2.75, 3.05) is 6.61 Å². The van der Waals surface area contributed by atoms with Crippen LogP contribution in [0.3, 0.4) is 0 Å². The second-order valence-corrected chi connectivity index (χ2v) is 4.38. The normalized spacial score (nSPS) is 14.9. The quantitative estimate of drug-likeness (QED) is 0.721. The van der Waals surface area contributed by atoms with Crippen molar-refractivity contribution < 1.29 is 14.3 Å². The van der Waals surface area contributed by atoms with E-state index in [1.54, 1.807) is 6.92 Å². The molecule has 0 amide bonds. The lowest BCUT2D eigenvalue weighted by Gasteiger charge is -2.11. The maximum Gasteiger partial charge on any atom is 0.348 e. The number of esters is 1. The molecule has 0 fully saturated rings. The van der Waals surface area contributed by atoms with E-state index in [9.17, 15) is 9.59 Å². The van der Waals surface area contributed by atoms with E-state index < -0.39 is 0 Å². The maximum absolute atomic E-state index is 11.6. The van der Waals surface area contributed by atoms with E-state index >= 15 is 0 Å². The van der Waals surface area contributed by atoms with Crippen molar-refractivity contribution in [3.8, 4) is 0 Å². The molecule has 0 saturated heterocycles. The average Bonchev–Trinajstić information content (AvgIpc) is 2.60.